The van der Waals surface area contributed by atoms with Gasteiger partial charge < -0.3 is 27.5 Å². The predicted octanol–water partition coefficient (Wildman–Crippen LogP) is 21.1. The van der Waals surface area contributed by atoms with E-state index in [1.54, 1.807) is 0 Å². The Kier molecular flexibility index (Phi) is 9.38. The van der Waals surface area contributed by atoms with Gasteiger partial charge in [-0.1, -0.05) is 151 Å². The summed E-state index contributed by atoms with van der Waals surface area (Å²) in [6.45, 7) is 13.6. The van der Waals surface area contributed by atoms with Crippen molar-refractivity contribution < 1.29 is 17.7 Å². The van der Waals surface area contributed by atoms with Crippen LogP contribution in [0.2, 0.25) is 0 Å². The van der Waals surface area contributed by atoms with Crippen molar-refractivity contribution in [2.75, 3.05) is 9.80 Å². The first kappa shape index (κ1) is 44.2. The molecule has 0 spiro atoms. The molecular formula is C70H52N2O4. The zero-order valence-corrected chi connectivity index (χ0v) is 43.2. The Labute approximate surface area is 438 Å². The van der Waals surface area contributed by atoms with Crippen LogP contribution in [0.3, 0.4) is 0 Å². The monoisotopic (exact) mass is 984 g/mol. The topological polar surface area (TPSA) is 59.0 Å². The van der Waals surface area contributed by atoms with Gasteiger partial charge in [-0.3, -0.25) is 0 Å². The van der Waals surface area contributed by atoms with Crippen LogP contribution in [0.25, 0.3) is 109 Å². The van der Waals surface area contributed by atoms with E-state index in [1.807, 2.05) is 12.1 Å². The van der Waals surface area contributed by atoms with Gasteiger partial charge in [-0.2, -0.15) is 0 Å². The third kappa shape index (κ3) is 6.73. The average Bonchev–Trinajstić information content (AvgIpc) is 4.24. The molecule has 15 aromatic rings. The number of fused-ring (bicyclic) bond motifs is 15. The molecule has 15 rings (SSSR count). The van der Waals surface area contributed by atoms with E-state index in [1.165, 1.54) is 11.1 Å². The van der Waals surface area contributed by atoms with Gasteiger partial charge in [0.25, 0.3) is 0 Å². The number of nitrogens with zero attached hydrogens (tertiary/aromatic N) is 2. The highest BCUT2D eigenvalue weighted by molar-refractivity contribution is 6.22. The minimum Gasteiger partial charge on any atom is -0.454 e. The standard InChI is InChI=1S/C70H52N2O4/c1-69(2,3)57-33-31-51-49-21-13-15-23-59(49)73-65(51)63(57)71(45-17-9-7-10-18-45)47-27-25-41-37-55-53-29-30-54-56-38-42-26-28-48(36-44(42)40-62(56)76-68(54)67(53)75-61(55)39-43(41)35-47)72(46-19-11-8-12-20-46)64-58(70(4,5)6)34-32-52-50-22-14-16-24-60(50)74-66(52)64/h7-40H,1-6H3. The quantitative estimate of drug-likeness (QED) is 0.165. The zero-order valence-electron chi connectivity index (χ0n) is 43.2. The zero-order chi connectivity index (χ0) is 51.2. The average molecular weight is 985 g/mol. The molecule has 0 amide bonds. The molecule has 0 bridgehead atoms. The maximum atomic E-state index is 6.93. The first-order chi connectivity index (χ1) is 36.9. The Balaban J connectivity index is 0.875. The van der Waals surface area contributed by atoms with E-state index >= 15 is 0 Å². The summed E-state index contributed by atoms with van der Waals surface area (Å²) in [6.07, 6.45) is 0. The smallest absolute Gasteiger partial charge is 0.178 e. The van der Waals surface area contributed by atoms with Gasteiger partial charge >= 0.3 is 0 Å². The molecule has 0 aliphatic heterocycles. The van der Waals surface area contributed by atoms with Crippen LogP contribution < -0.4 is 9.80 Å². The lowest BCUT2D eigenvalue weighted by atomic mass is 9.84. The van der Waals surface area contributed by atoms with Crippen LogP contribution in [-0.2, 0) is 10.8 Å². The molecule has 6 heteroatoms. The summed E-state index contributed by atoms with van der Waals surface area (Å²) < 4.78 is 27.5. The van der Waals surface area contributed by atoms with Crippen LogP contribution in [0.4, 0.5) is 34.1 Å². The Morgan fingerprint density at radius 1 is 0.263 bits per heavy atom. The second kappa shape index (κ2) is 16.1. The first-order valence-electron chi connectivity index (χ1n) is 26.2. The second-order valence-electron chi connectivity index (χ2n) is 22.5. The maximum Gasteiger partial charge on any atom is 0.178 e. The van der Waals surface area contributed by atoms with Crippen molar-refractivity contribution in [2.24, 2.45) is 0 Å². The van der Waals surface area contributed by atoms with Gasteiger partial charge in [0, 0.05) is 65.8 Å². The van der Waals surface area contributed by atoms with Gasteiger partial charge in [0.15, 0.2) is 22.3 Å². The van der Waals surface area contributed by atoms with Crippen molar-refractivity contribution in [2.45, 2.75) is 52.4 Å². The summed E-state index contributed by atoms with van der Waals surface area (Å²) in [6, 6.07) is 73.6. The highest BCUT2D eigenvalue weighted by Crippen LogP contribution is 2.51. The minimum absolute atomic E-state index is 0.184. The van der Waals surface area contributed by atoms with Crippen molar-refractivity contribution in [1.29, 1.82) is 0 Å². The van der Waals surface area contributed by atoms with E-state index in [0.717, 1.165) is 143 Å². The molecule has 366 valence electrons. The lowest BCUT2D eigenvalue weighted by Crippen LogP contribution is -2.19. The van der Waals surface area contributed by atoms with Crippen LogP contribution >= 0.6 is 0 Å². The Bertz CT molecular complexity index is 4540. The molecule has 0 saturated heterocycles. The lowest BCUT2D eigenvalue weighted by molar-refractivity contribution is 0.588. The molecule has 76 heavy (non-hydrogen) atoms. The van der Waals surface area contributed by atoms with E-state index in [9.17, 15) is 0 Å². The highest BCUT2D eigenvalue weighted by Gasteiger charge is 2.31. The van der Waals surface area contributed by atoms with Crippen molar-refractivity contribution in [1.82, 2.24) is 0 Å². The van der Waals surface area contributed by atoms with E-state index in [2.05, 4.69) is 245 Å². The van der Waals surface area contributed by atoms with Gasteiger partial charge in [-0.15, -0.1) is 0 Å². The number of furan rings is 4. The summed E-state index contributed by atoms with van der Waals surface area (Å²) in [7, 11) is 0. The van der Waals surface area contributed by atoms with E-state index < -0.39 is 0 Å². The van der Waals surface area contributed by atoms with E-state index in [4.69, 9.17) is 17.7 Å². The maximum absolute atomic E-state index is 6.93. The van der Waals surface area contributed by atoms with Crippen molar-refractivity contribution in [3.05, 3.63) is 217 Å². The summed E-state index contributed by atoms with van der Waals surface area (Å²) >= 11 is 0. The number of hydrogen-bond donors (Lipinski definition) is 0. The third-order valence-electron chi connectivity index (χ3n) is 15.6. The molecule has 0 aliphatic carbocycles. The minimum atomic E-state index is -0.184. The van der Waals surface area contributed by atoms with Gasteiger partial charge in [0.05, 0.1) is 11.4 Å². The Hall–Kier alpha value is -9.26. The number of hydrogen-bond acceptors (Lipinski definition) is 6. The van der Waals surface area contributed by atoms with Crippen LogP contribution in [0, 0.1) is 0 Å². The summed E-state index contributed by atoms with van der Waals surface area (Å²) in [5.74, 6) is 0. The fourth-order valence-electron chi connectivity index (χ4n) is 12.0. The first-order valence-corrected chi connectivity index (χ1v) is 26.2. The summed E-state index contributed by atoms with van der Waals surface area (Å²) in [5, 5.41) is 12.9. The molecule has 0 unspecified atom stereocenters. The third-order valence-corrected chi connectivity index (χ3v) is 15.6. The van der Waals surface area contributed by atoms with E-state index in [-0.39, 0.29) is 10.8 Å². The molecule has 4 heterocycles. The predicted molar refractivity (Wildman–Crippen MR) is 317 cm³/mol. The molecule has 4 aromatic heterocycles. The van der Waals surface area contributed by atoms with Crippen molar-refractivity contribution in [3.63, 3.8) is 0 Å². The molecule has 0 saturated carbocycles. The molecule has 0 N–H and O–H groups in total. The number of anilines is 6. The SMILES string of the molecule is CC(C)(C)c1ccc2c(oc3ccccc32)c1N(c1ccccc1)c1ccc2cc3c(cc2c1)oc1c3ccc2c3cc4ccc(N(c5ccccc5)c5c(C(C)(C)C)ccc6c5oc5ccccc56)cc4cc3oc21. The van der Waals surface area contributed by atoms with Gasteiger partial charge in [-0.05, 0) is 141 Å². The molecule has 0 aliphatic rings. The fraction of sp³-hybridized carbons (Fsp3) is 0.114. The van der Waals surface area contributed by atoms with Gasteiger partial charge in [-0.25, -0.2) is 0 Å². The fourth-order valence-corrected chi connectivity index (χ4v) is 12.0. The number of benzene rings is 11. The number of rotatable bonds is 6. The van der Waals surface area contributed by atoms with Crippen LogP contribution in [0.5, 0.6) is 0 Å². The molecule has 0 fully saturated rings. The normalized spacial score (nSPS) is 12.6. The van der Waals surface area contributed by atoms with Crippen LogP contribution in [0.15, 0.2) is 224 Å². The van der Waals surface area contributed by atoms with Crippen molar-refractivity contribution >= 4 is 143 Å². The molecule has 11 aromatic carbocycles. The summed E-state index contributed by atoms with van der Waals surface area (Å²) in [4.78, 5) is 4.73. The Morgan fingerprint density at radius 2 is 0.632 bits per heavy atom. The molecule has 0 radical (unpaired) electrons. The summed E-state index contributed by atoms with van der Waals surface area (Å²) in [5.41, 5.74) is 14.8. The highest BCUT2D eigenvalue weighted by atomic mass is 16.4. The van der Waals surface area contributed by atoms with Gasteiger partial charge in [0.2, 0.25) is 0 Å². The Morgan fingerprint density at radius 3 is 1.05 bits per heavy atom. The lowest BCUT2D eigenvalue weighted by Gasteiger charge is -2.32. The molecule has 0 atom stereocenters. The second-order valence-corrected chi connectivity index (χ2v) is 22.5. The van der Waals surface area contributed by atoms with E-state index in [0.29, 0.717) is 0 Å². The van der Waals surface area contributed by atoms with Gasteiger partial charge in [0.1, 0.15) is 22.3 Å². The molecular weight excluding hydrogens is 933 g/mol. The van der Waals surface area contributed by atoms with Crippen LogP contribution in [-0.4, -0.2) is 0 Å². The van der Waals surface area contributed by atoms with Crippen molar-refractivity contribution in [3.8, 4) is 0 Å². The van der Waals surface area contributed by atoms with Crippen LogP contribution in [0.1, 0.15) is 52.7 Å². The molecule has 6 nitrogen and oxygen atoms in total. The largest absolute Gasteiger partial charge is 0.454 e. The number of para-hydroxylation sites is 4.